The van der Waals surface area contributed by atoms with E-state index in [1.807, 2.05) is 0 Å². The van der Waals surface area contributed by atoms with Gasteiger partial charge in [0.2, 0.25) is 11.9 Å². The van der Waals surface area contributed by atoms with Crippen LogP contribution >= 0.6 is 0 Å². The highest BCUT2D eigenvalue weighted by atomic mass is 19.3. The maximum Gasteiger partial charge on any atom is 0.346 e. The van der Waals surface area contributed by atoms with Gasteiger partial charge in [0.25, 0.3) is 5.92 Å². The van der Waals surface area contributed by atoms with Crippen molar-refractivity contribution in [1.29, 1.82) is 0 Å². The molecule has 0 N–H and O–H groups in total. The van der Waals surface area contributed by atoms with E-state index in [1.165, 1.54) is 27.6 Å². The van der Waals surface area contributed by atoms with E-state index in [0.29, 0.717) is 30.7 Å². The number of nitrogens with zero attached hydrogens (tertiary/aromatic N) is 5. The summed E-state index contributed by atoms with van der Waals surface area (Å²) in [5, 5.41) is 4.28. The Morgan fingerprint density at radius 1 is 1.33 bits per heavy atom. The van der Waals surface area contributed by atoms with Crippen molar-refractivity contribution in [1.82, 2.24) is 24.2 Å². The van der Waals surface area contributed by atoms with Gasteiger partial charge >= 0.3 is 5.69 Å². The van der Waals surface area contributed by atoms with Crippen molar-refractivity contribution < 1.29 is 18.0 Å². The average molecular weight is 381 g/mol. The fraction of sp³-hybridized carbons (Fsp3) is 0.529. The molecule has 0 aliphatic carbocycles. The zero-order valence-corrected chi connectivity index (χ0v) is 14.4. The molecule has 0 saturated carbocycles. The SMILES string of the molecule is O=C(C1CCCc2nn(Cc3ccc(F)nc3)c(=O)n21)N1CCC(F)(F)C1. The minimum absolute atomic E-state index is 0.0121. The highest BCUT2D eigenvalue weighted by Gasteiger charge is 2.43. The molecule has 0 radical (unpaired) electrons. The molecule has 0 bridgehead atoms. The lowest BCUT2D eigenvalue weighted by atomic mass is 10.0. The molecule has 144 valence electrons. The third kappa shape index (κ3) is 3.35. The van der Waals surface area contributed by atoms with Gasteiger partial charge in [-0.2, -0.15) is 9.49 Å². The summed E-state index contributed by atoms with van der Waals surface area (Å²) in [5.41, 5.74) is 0.120. The molecule has 4 heterocycles. The van der Waals surface area contributed by atoms with Gasteiger partial charge in [-0.1, -0.05) is 6.07 Å². The lowest BCUT2D eigenvalue weighted by molar-refractivity contribution is -0.135. The summed E-state index contributed by atoms with van der Waals surface area (Å²) in [4.78, 5) is 30.2. The third-order valence-electron chi connectivity index (χ3n) is 5.02. The van der Waals surface area contributed by atoms with E-state index >= 15 is 0 Å². The number of hydrogen-bond acceptors (Lipinski definition) is 4. The van der Waals surface area contributed by atoms with Gasteiger partial charge in [0.1, 0.15) is 11.9 Å². The number of aromatic nitrogens is 4. The van der Waals surface area contributed by atoms with E-state index < -0.39 is 36.1 Å². The number of likely N-dealkylation sites (tertiary alicyclic amines) is 1. The van der Waals surface area contributed by atoms with Crippen LogP contribution in [-0.4, -0.2) is 49.2 Å². The van der Waals surface area contributed by atoms with E-state index in [0.717, 1.165) is 4.90 Å². The van der Waals surface area contributed by atoms with Crippen LogP contribution in [0.25, 0.3) is 0 Å². The number of aryl methyl sites for hydroxylation is 1. The molecule has 1 saturated heterocycles. The van der Waals surface area contributed by atoms with Crippen LogP contribution in [0.1, 0.15) is 36.7 Å². The van der Waals surface area contributed by atoms with Crippen LogP contribution in [0.3, 0.4) is 0 Å². The first-order valence-electron chi connectivity index (χ1n) is 8.79. The van der Waals surface area contributed by atoms with Gasteiger partial charge in [-0.3, -0.25) is 9.36 Å². The number of carbonyl (C=O) groups excluding carboxylic acids is 1. The van der Waals surface area contributed by atoms with Crippen molar-refractivity contribution in [3.63, 3.8) is 0 Å². The zero-order chi connectivity index (χ0) is 19.2. The zero-order valence-electron chi connectivity index (χ0n) is 14.4. The number of carbonyl (C=O) groups is 1. The van der Waals surface area contributed by atoms with Gasteiger partial charge in [-0.05, 0) is 24.5 Å². The Hall–Kier alpha value is -2.65. The first-order valence-corrected chi connectivity index (χ1v) is 8.79. The van der Waals surface area contributed by atoms with Crippen molar-refractivity contribution in [2.24, 2.45) is 0 Å². The topological polar surface area (TPSA) is 73.0 Å². The largest absolute Gasteiger partial charge is 0.346 e. The van der Waals surface area contributed by atoms with Crippen LogP contribution in [0, 0.1) is 5.95 Å². The molecule has 0 aromatic carbocycles. The van der Waals surface area contributed by atoms with E-state index in [4.69, 9.17) is 0 Å². The van der Waals surface area contributed by atoms with E-state index in [2.05, 4.69) is 10.1 Å². The Balaban J connectivity index is 1.61. The maximum atomic E-state index is 13.5. The second-order valence-electron chi connectivity index (χ2n) is 6.99. The molecule has 2 aromatic heterocycles. The smallest absolute Gasteiger partial charge is 0.335 e. The number of amides is 1. The standard InChI is InChI=1S/C17H18F3N5O2/c18-13-5-4-11(8-21-13)9-24-16(27)25-12(2-1-3-14(25)22-24)15(26)23-7-6-17(19,20)10-23/h4-5,8,12H,1-3,6-7,9-10H2. The normalized spacial score (nSPS) is 21.3. The number of halogens is 3. The Kier molecular flexibility index (Phi) is 4.27. The van der Waals surface area contributed by atoms with Crippen molar-refractivity contribution in [2.75, 3.05) is 13.1 Å². The first-order chi connectivity index (χ1) is 12.8. The molecule has 1 amide bonds. The summed E-state index contributed by atoms with van der Waals surface area (Å²) >= 11 is 0. The summed E-state index contributed by atoms with van der Waals surface area (Å²) in [5.74, 6) is -3.50. The summed E-state index contributed by atoms with van der Waals surface area (Å²) in [7, 11) is 0. The second-order valence-corrected chi connectivity index (χ2v) is 6.99. The van der Waals surface area contributed by atoms with Gasteiger partial charge in [-0.15, -0.1) is 0 Å². The van der Waals surface area contributed by atoms with Crippen LogP contribution < -0.4 is 5.69 Å². The molecule has 1 atom stereocenters. The summed E-state index contributed by atoms with van der Waals surface area (Å²) in [6, 6.07) is 1.88. The monoisotopic (exact) mass is 381 g/mol. The Bertz CT molecular complexity index is 922. The van der Waals surface area contributed by atoms with E-state index in [-0.39, 0.29) is 19.5 Å². The fourth-order valence-electron chi connectivity index (χ4n) is 3.68. The number of pyridine rings is 1. The molecular formula is C17H18F3N5O2. The summed E-state index contributed by atoms with van der Waals surface area (Å²) < 4.78 is 42.4. The molecule has 1 fully saturated rings. The molecule has 4 rings (SSSR count). The van der Waals surface area contributed by atoms with Gasteiger partial charge in [0, 0.05) is 25.6 Å². The molecular weight excluding hydrogens is 363 g/mol. The third-order valence-corrected chi connectivity index (χ3v) is 5.02. The van der Waals surface area contributed by atoms with Crippen LogP contribution in [0.15, 0.2) is 23.1 Å². The number of rotatable bonds is 3. The minimum atomic E-state index is -2.88. The van der Waals surface area contributed by atoms with E-state index in [1.54, 1.807) is 0 Å². The molecule has 2 aliphatic heterocycles. The number of fused-ring (bicyclic) bond motifs is 1. The summed E-state index contributed by atoms with van der Waals surface area (Å²) in [6.07, 6.45) is 2.55. The predicted octanol–water partition coefficient (Wildman–Crippen LogP) is 1.37. The van der Waals surface area contributed by atoms with Crippen molar-refractivity contribution in [2.45, 2.75) is 44.2 Å². The van der Waals surface area contributed by atoms with Crippen molar-refractivity contribution in [3.05, 3.63) is 46.1 Å². The van der Waals surface area contributed by atoms with Crippen LogP contribution in [0.2, 0.25) is 0 Å². The van der Waals surface area contributed by atoms with Crippen molar-refractivity contribution >= 4 is 5.91 Å². The molecule has 10 heteroatoms. The fourth-order valence-corrected chi connectivity index (χ4v) is 3.68. The molecule has 1 unspecified atom stereocenters. The average Bonchev–Trinajstić information content (AvgIpc) is 3.16. The predicted molar refractivity (Wildman–Crippen MR) is 87.9 cm³/mol. The lowest BCUT2D eigenvalue weighted by Crippen LogP contribution is -2.42. The molecule has 7 nitrogen and oxygen atoms in total. The van der Waals surface area contributed by atoms with E-state index in [9.17, 15) is 22.8 Å². The van der Waals surface area contributed by atoms with Gasteiger partial charge < -0.3 is 4.90 Å². The lowest BCUT2D eigenvalue weighted by Gasteiger charge is -2.27. The number of alkyl halides is 2. The molecule has 2 aromatic rings. The Morgan fingerprint density at radius 2 is 2.15 bits per heavy atom. The second kappa shape index (κ2) is 6.50. The Labute approximate surface area is 152 Å². The Morgan fingerprint density at radius 3 is 2.81 bits per heavy atom. The van der Waals surface area contributed by atoms with Gasteiger partial charge in [0.15, 0.2) is 0 Å². The van der Waals surface area contributed by atoms with Crippen LogP contribution in [-0.2, 0) is 17.8 Å². The molecule has 2 aliphatic rings. The molecule has 0 spiro atoms. The van der Waals surface area contributed by atoms with Gasteiger partial charge in [-0.25, -0.2) is 23.2 Å². The number of hydrogen-bond donors (Lipinski definition) is 0. The maximum absolute atomic E-state index is 13.5. The summed E-state index contributed by atoms with van der Waals surface area (Å²) in [6.45, 7) is -0.529. The highest BCUT2D eigenvalue weighted by molar-refractivity contribution is 5.81. The van der Waals surface area contributed by atoms with Crippen LogP contribution in [0.4, 0.5) is 13.2 Å². The minimum Gasteiger partial charge on any atom is -0.335 e. The van der Waals surface area contributed by atoms with Crippen molar-refractivity contribution in [3.8, 4) is 0 Å². The quantitative estimate of drug-likeness (QED) is 0.753. The van der Waals surface area contributed by atoms with Crippen LogP contribution in [0.5, 0.6) is 0 Å². The molecule has 27 heavy (non-hydrogen) atoms. The first kappa shape index (κ1) is 17.7. The van der Waals surface area contributed by atoms with Gasteiger partial charge in [0.05, 0.1) is 13.1 Å². The highest BCUT2D eigenvalue weighted by Crippen LogP contribution is 2.31.